The lowest BCUT2D eigenvalue weighted by Gasteiger charge is -2.09. The molecule has 24 heavy (non-hydrogen) atoms. The fourth-order valence-corrected chi connectivity index (χ4v) is 2.47. The molecule has 0 saturated heterocycles. The minimum Gasteiger partial charge on any atom is -0.452 e. The van der Waals surface area contributed by atoms with Gasteiger partial charge in [0.2, 0.25) is 0 Å². The molecule has 2 rings (SSSR count). The maximum atomic E-state index is 12.2. The third-order valence-electron chi connectivity index (χ3n) is 3.16. The number of esters is 1. The van der Waals surface area contributed by atoms with Crippen LogP contribution in [0.2, 0.25) is 10.0 Å². The number of hydrogen-bond donors (Lipinski definition) is 1. The summed E-state index contributed by atoms with van der Waals surface area (Å²) < 4.78 is 10.2. The van der Waals surface area contributed by atoms with Crippen LogP contribution in [0.5, 0.6) is 0 Å². The Balaban J connectivity index is 1.99. The zero-order valence-electron chi connectivity index (χ0n) is 13.4. The lowest BCUT2D eigenvalue weighted by Crippen LogP contribution is -2.21. The van der Waals surface area contributed by atoms with Crippen molar-refractivity contribution in [3.63, 3.8) is 0 Å². The monoisotopic (exact) mass is 370 g/mol. The van der Waals surface area contributed by atoms with Gasteiger partial charge in [0.25, 0.3) is 5.91 Å². The van der Waals surface area contributed by atoms with Crippen LogP contribution in [0.25, 0.3) is 0 Å². The SMILES string of the molecule is Cc1noc(C(C)C)c1C(=O)OCC(=O)Nc1ccc(Cl)cc1Cl. The van der Waals surface area contributed by atoms with Crippen LogP contribution in [0.1, 0.15) is 41.6 Å². The molecule has 0 aliphatic heterocycles. The molecule has 0 aliphatic rings. The predicted octanol–water partition coefficient (Wildman–Crippen LogP) is 4.21. The highest BCUT2D eigenvalue weighted by Crippen LogP contribution is 2.25. The van der Waals surface area contributed by atoms with E-state index >= 15 is 0 Å². The van der Waals surface area contributed by atoms with E-state index in [0.717, 1.165) is 0 Å². The Bertz CT molecular complexity index is 771. The quantitative estimate of drug-likeness (QED) is 0.797. The molecule has 128 valence electrons. The first-order valence-electron chi connectivity index (χ1n) is 7.17. The van der Waals surface area contributed by atoms with Crippen molar-refractivity contribution < 1.29 is 18.8 Å². The summed E-state index contributed by atoms with van der Waals surface area (Å²) in [5, 5.41) is 7.05. The summed E-state index contributed by atoms with van der Waals surface area (Å²) in [6.45, 7) is 4.91. The number of aryl methyl sites for hydroxylation is 1. The van der Waals surface area contributed by atoms with Crippen LogP contribution in [-0.2, 0) is 9.53 Å². The normalized spacial score (nSPS) is 10.8. The largest absolute Gasteiger partial charge is 0.452 e. The van der Waals surface area contributed by atoms with Crippen molar-refractivity contribution in [3.05, 3.63) is 45.3 Å². The molecule has 0 fully saturated rings. The van der Waals surface area contributed by atoms with Crippen molar-refractivity contribution in [1.82, 2.24) is 5.16 Å². The molecule has 1 N–H and O–H groups in total. The van der Waals surface area contributed by atoms with E-state index in [2.05, 4.69) is 10.5 Å². The third kappa shape index (κ3) is 4.27. The molecule has 1 amide bonds. The van der Waals surface area contributed by atoms with Crippen molar-refractivity contribution in [2.45, 2.75) is 26.7 Å². The van der Waals surface area contributed by atoms with E-state index in [1.807, 2.05) is 13.8 Å². The average Bonchev–Trinajstić information content (AvgIpc) is 2.90. The fourth-order valence-electron chi connectivity index (χ4n) is 2.01. The number of nitrogens with zero attached hydrogens (tertiary/aromatic N) is 1. The summed E-state index contributed by atoms with van der Waals surface area (Å²) in [5.41, 5.74) is 1.05. The van der Waals surface area contributed by atoms with E-state index in [1.165, 1.54) is 6.07 Å². The maximum Gasteiger partial charge on any atom is 0.344 e. The number of amides is 1. The van der Waals surface area contributed by atoms with Gasteiger partial charge in [0, 0.05) is 10.9 Å². The smallest absolute Gasteiger partial charge is 0.344 e. The van der Waals surface area contributed by atoms with Crippen molar-refractivity contribution >= 4 is 40.8 Å². The van der Waals surface area contributed by atoms with E-state index in [9.17, 15) is 9.59 Å². The summed E-state index contributed by atoms with van der Waals surface area (Å²) >= 11 is 11.8. The van der Waals surface area contributed by atoms with Crippen LogP contribution in [0.15, 0.2) is 22.7 Å². The van der Waals surface area contributed by atoms with Crippen molar-refractivity contribution in [3.8, 4) is 0 Å². The van der Waals surface area contributed by atoms with Gasteiger partial charge in [-0.25, -0.2) is 4.79 Å². The van der Waals surface area contributed by atoms with Gasteiger partial charge in [-0.15, -0.1) is 0 Å². The number of anilines is 1. The third-order valence-corrected chi connectivity index (χ3v) is 3.71. The highest BCUT2D eigenvalue weighted by Gasteiger charge is 2.24. The number of carbonyl (C=O) groups excluding carboxylic acids is 2. The minimum atomic E-state index is -0.658. The van der Waals surface area contributed by atoms with Crippen LogP contribution in [0.3, 0.4) is 0 Å². The molecule has 0 unspecified atom stereocenters. The number of hydrogen-bond acceptors (Lipinski definition) is 5. The van der Waals surface area contributed by atoms with Gasteiger partial charge in [0.05, 0.1) is 16.4 Å². The minimum absolute atomic E-state index is 0.0320. The topological polar surface area (TPSA) is 81.4 Å². The average molecular weight is 371 g/mol. The van der Waals surface area contributed by atoms with Gasteiger partial charge < -0.3 is 14.6 Å². The summed E-state index contributed by atoms with van der Waals surface area (Å²) in [6, 6.07) is 4.65. The van der Waals surface area contributed by atoms with E-state index in [1.54, 1.807) is 19.1 Å². The first kappa shape index (κ1) is 18.3. The molecule has 8 heteroatoms. The predicted molar refractivity (Wildman–Crippen MR) is 90.7 cm³/mol. The number of carbonyl (C=O) groups is 2. The maximum absolute atomic E-state index is 12.2. The Labute approximate surface area is 149 Å². The van der Waals surface area contributed by atoms with Gasteiger partial charge in [0.15, 0.2) is 12.4 Å². The molecule has 0 spiro atoms. The standard InChI is InChI=1S/C16H16Cl2N2O4/c1-8(2)15-14(9(3)20-24-15)16(22)23-7-13(21)19-12-5-4-10(17)6-11(12)18/h4-6,8H,7H2,1-3H3,(H,19,21). The summed E-state index contributed by atoms with van der Waals surface area (Å²) in [7, 11) is 0. The number of benzene rings is 1. The van der Waals surface area contributed by atoms with Crippen molar-refractivity contribution in [1.29, 1.82) is 0 Å². The molecule has 1 aromatic carbocycles. The van der Waals surface area contributed by atoms with E-state index < -0.39 is 18.5 Å². The van der Waals surface area contributed by atoms with Gasteiger partial charge in [0.1, 0.15) is 5.56 Å². The van der Waals surface area contributed by atoms with Gasteiger partial charge in [-0.1, -0.05) is 42.2 Å². The summed E-state index contributed by atoms with van der Waals surface area (Å²) in [4.78, 5) is 24.1. The molecule has 2 aromatic rings. The molecular weight excluding hydrogens is 355 g/mol. The zero-order chi connectivity index (χ0) is 17.9. The Hall–Kier alpha value is -2.05. The second-order valence-electron chi connectivity index (χ2n) is 5.41. The lowest BCUT2D eigenvalue weighted by atomic mass is 10.1. The Kier molecular flexibility index (Phi) is 5.85. The van der Waals surface area contributed by atoms with E-state index in [4.69, 9.17) is 32.5 Å². The fraction of sp³-hybridized carbons (Fsp3) is 0.312. The number of nitrogens with one attached hydrogen (secondary N) is 1. The second-order valence-corrected chi connectivity index (χ2v) is 6.25. The number of rotatable bonds is 5. The van der Waals surface area contributed by atoms with Gasteiger partial charge in [-0.3, -0.25) is 4.79 Å². The molecule has 0 saturated carbocycles. The van der Waals surface area contributed by atoms with Crippen molar-refractivity contribution in [2.75, 3.05) is 11.9 Å². The Morgan fingerprint density at radius 3 is 2.67 bits per heavy atom. The Morgan fingerprint density at radius 2 is 2.04 bits per heavy atom. The first-order chi connectivity index (χ1) is 11.3. The highest BCUT2D eigenvalue weighted by molar-refractivity contribution is 6.36. The van der Waals surface area contributed by atoms with Crippen LogP contribution in [-0.4, -0.2) is 23.6 Å². The van der Waals surface area contributed by atoms with Gasteiger partial charge in [-0.05, 0) is 25.1 Å². The van der Waals surface area contributed by atoms with Crippen LogP contribution < -0.4 is 5.32 Å². The number of ether oxygens (including phenoxy) is 1. The molecule has 0 radical (unpaired) electrons. The zero-order valence-corrected chi connectivity index (χ0v) is 14.9. The molecule has 0 atom stereocenters. The van der Waals surface area contributed by atoms with Crippen molar-refractivity contribution in [2.24, 2.45) is 0 Å². The van der Waals surface area contributed by atoms with Crippen LogP contribution in [0, 0.1) is 6.92 Å². The molecule has 0 bridgehead atoms. The lowest BCUT2D eigenvalue weighted by molar-refractivity contribution is -0.119. The van der Waals surface area contributed by atoms with Gasteiger partial charge >= 0.3 is 5.97 Å². The molecule has 1 aromatic heterocycles. The van der Waals surface area contributed by atoms with Gasteiger partial charge in [-0.2, -0.15) is 0 Å². The Morgan fingerprint density at radius 1 is 1.33 bits per heavy atom. The molecule has 1 heterocycles. The molecule has 6 nitrogen and oxygen atoms in total. The van der Waals surface area contributed by atoms with E-state index in [-0.39, 0.29) is 11.5 Å². The van der Waals surface area contributed by atoms with E-state index in [0.29, 0.717) is 27.2 Å². The molecular formula is C16H16Cl2N2O4. The second kappa shape index (κ2) is 7.68. The van der Waals surface area contributed by atoms with Crippen LogP contribution in [0.4, 0.5) is 5.69 Å². The highest BCUT2D eigenvalue weighted by atomic mass is 35.5. The number of halogens is 2. The molecule has 0 aliphatic carbocycles. The van der Waals surface area contributed by atoms with Crippen LogP contribution >= 0.6 is 23.2 Å². The number of aromatic nitrogens is 1. The summed E-state index contributed by atoms with van der Waals surface area (Å²) in [6.07, 6.45) is 0. The first-order valence-corrected chi connectivity index (χ1v) is 7.93. The summed E-state index contributed by atoms with van der Waals surface area (Å²) in [5.74, 6) is -0.781.